The Labute approximate surface area is 145 Å². The number of aryl methyl sites for hydroxylation is 1. The van der Waals surface area contributed by atoms with E-state index in [2.05, 4.69) is 0 Å². The zero-order valence-corrected chi connectivity index (χ0v) is 14.0. The van der Waals surface area contributed by atoms with Crippen LogP contribution in [0.5, 0.6) is 5.75 Å². The summed E-state index contributed by atoms with van der Waals surface area (Å²) in [5.41, 5.74) is 4.71. The third kappa shape index (κ3) is 2.21. The van der Waals surface area contributed by atoms with E-state index in [-0.39, 0.29) is 5.91 Å². The predicted octanol–water partition coefficient (Wildman–Crippen LogP) is 3.60. The first-order chi connectivity index (χ1) is 11.6. The molecule has 4 nitrogen and oxygen atoms in total. The Balaban J connectivity index is 1.73. The molecule has 2 aromatic rings. The fraction of sp³-hybridized carbons (Fsp3) is 0.263. The molecule has 24 heavy (non-hydrogen) atoms. The lowest BCUT2D eigenvalue weighted by Gasteiger charge is -2.19. The summed E-state index contributed by atoms with van der Waals surface area (Å²) in [5.74, 6) is 0.729. The zero-order valence-electron chi connectivity index (χ0n) is 13.3. The SMILES string of the molecule is Cc1cc2c(c(Cl)c1C=O)CCN2C(=O)c1ccc2c(c1)OCC2. The maximum atomic E-state index is 12.9. The second-order valence-corrected chi connectivity index (χ2v) is 6.54. The summed E-state index contributed by atoms with van der Waals surface area (Å²) < 4.78 is 5.56. The minimum Gasteiger partial charge on any atom is -0.493 e. The van der Waals surface area contributed by atoms with Crippen molar-refractivity contribution in [3.63, 3.8) is 0 Å². The molecule has 0 fully saturated rings. The van der Waals surface area contributed by atoms with Crippen molar-refractivity contribution in [2.75, 3.05) is 18.1 Å². The van der Waals surface area contributed by atoms with Crippen LogP contribution in [-0.4, -0.2) is 25.3 Å². The quantitative estimate of drug-likeness (QED) is 0.784. The van der Waals surface area contributed by atoms with Crippen LogP contribution in [0, 0.1) is 6.92 Å². The van der Waals surface area contributed by atoms with Crippen LogP contribution in [0.3, 0.4) is 0 Å². The molecule has 2 aliphatic heterocycles. The van der Waals surface area contributed by atoms with Crippen molar-refractivity contribution < 1.29 is 14.3 Å². The lowest BCUT2D eigenvalue weighted by molar-refractivity contribution is 0.0988. The second-order valence-electron chi connectivity index (χ2n) is 6.16. The van der Waals surface area contributed by atoms with Gasteiger partial charge in [-0.2, -0.15) is 0 Å². The largest absolute Gasteiger partial charge is 0.493 e. The average Bonchev–Trinajstić information content (AvgIpc) is 3.20. The number of carbonyl (C=O) groups excluding carboxylic acids is 2. The number of benzene rings is 2. The molecule has 2 heterocycles. The van der Waals surface area contributed by atoms with Gasteiger partial charge in [0.2, 0.25) is 0 Å². The Morgan fingerprint density at radius 1 is 1.29 bits per heavy atom. The Morgan fingerprint density at radius 3 is 2.92 bits per heavy atom. The maximum absolute atomic E-state index is 12.9. The highest BCUT2D eigenvalue weighted by molar-refractivity contribution is 6.34. The molecule has 0 saturated carbocycles. The molecule has 0 radical (unpaired) electrons. The molecule has 2 aromatic carbocycles. The van der Waals surface area contributed by atoms with Crippen LogP contribution in [0.4, 0.5) is 5.69 Å². The Bertz CT molecular complexity index is 875. The fourth-order valence-electron chi connectivity index (χ4n) is 3.45. The van der Waals surface area contributed by atoms with E-state index in [9.17, 15) is 9.59 Å². The summed E-state index contributed by atoms with van der Waals surface area (Å²) in [6.45, 7) is 3.07. The summed E-state index contributed by atoms with van der Waals surface area (Å²) in [6.07, 6.45) is 2.32. The van der Waals surface area contributed by atoms with Gasteiger partial charge in [0.05, 0.1) is 11.6 Å². The molecule has 2 aliphatic rings. The number of hydrogen-bond acceptors (Lipinski definition) is 3. The van der Waals surface area contributed by atoms with E-state index in [0.29, 0.717) is 35.7 Å². The smallest absolute Gasteiger partial charge is 0.258 e. The average molecular weight is 342 g/mol. The number of ether oxygens (including phenoxy) is 1. The van der Waals surface area contributed by atoms with Gasteiger partial charge < -0.3 is 9.64 Å². The van der Waals surface area contributed by atoms with Crippen LogP contribution < -0.4 is 9.64 Å². The highest BCUT2D eigenvalue weighted by Gasteiger charge is 2.29. The Morgan fingerprint density at radius 2 is 2.12 bits per heavy atom. The molecule has 0 saturated heterocycles. The molecule has 122 valence electrons. The van der Waals surface area contributed by atoms with Gasteiger partial charge >= 0.3 is 0 Å². The lowest BCUT2D eigenvalue weighted by Crippen LogP contribution is -2.28. The molecular formula is C19H16ClNO3. The number of fused-ring (bicyclic) bond motifs is 2. The molecule has 0 unspecified atom stereocenters. The van der Waals surface area contributed by atoms with Crippen molar-refractivity contribution in [3.8, 4) is 5.75 Å². The molecule has 0 aliphatic carbocycles. The molecule has 0 atom stereocenters. The van der Waals surface area contributed by atoms with Gasteiger partial charge in [0, 0.05) is 29.8 Å². The second kappa shape index (κ2) is 5.64. The topological polar surface area (TPSA) is 46.6 Å². The van der Waals surface area contributed by atoms with Crippen molar-refractivity contribution in [1.29, 1.82) is 0 Å². The Kier molecular flexibility index (Phi) is 3.57. The van der Waals surface area contributed by atoms with E-state index in [1.165, 1.54) is 0 Å². The molecule has 4 rings (SSSR count). The van der Waals surface area contributed by atoms with Gasteiger partial charge in [-0.25, -0.2) is 0 Å². The zero-order chi connectivity index (χ0) is 16.8. The van der Waals surface area contributed by atoms with E-state index in [1.807, 2.05) is 31.2 Å². The van der Waals surface area contributed by atoms with E-state index >= 15 is 0 Å². The number of aldehydes is 1. The van der Waals surface area contributed by atoms with Crippen LogP contribution in [-0.2, 0) is 12.8 Å². The van der Waals surface area contributed by atoms with E-state index < -0.39 is 0 Å². The maximum Gasteiger partial charge on any atom is 0.258 e. The summed E-state index contributed by atoms with van der Waals surface area (Å²) in [4.78, 5) is 25.9. The fourth-order valence-corrected chi connectivity index (χ4v) is 3.84. The van der Waals surface area contributed by atoms with Gasteiger partial charge in [-0.1, -0.05) is 17.7 Å². The molecule has 5 heteroatoms. The van der Waals surface area contributed by atoms with Crippen molar-refractivity contribution in [2.45, 2.75) is 19.8 Å². The standard InChI is InChI=1S/C19H16ClNO3/c1-11-8-16-14(18(20)15(11)10-22)4-6-21(16)19(23)13-3-2-12-5-7-24-17(12)9-13/h2-3,8-10H,4-7H2,1H3. The van der Waals surface area contributed by atoms with Crippen molar-refractivity contribution in [2.24, 2.45) is 0 Å². The van der Waals surface area contributed by atoms with Crippen LogP contribution in [0.2, 0.25) is 5.02 Å². The third-order valence-electron chi connectivity index (χ3n) is 4.77. The van der Waals surface area contributed by atoms with Gasteiger partial charge in [0.1, 0.15) is 5.75 Å². The van der Waals surface area contributed by atoms with Gasteiger partial charge in [0.25, 0.3) is 5.91 Å². The number of rotatable bonds is 2. The molecule has 0 N–H and O–H groups in total. The normalized spacial score (nSPS) is 15.0. The predicted molar refractivity (Wildman–Crippen MR) is 92.6 cm³/mol. The van der Waals surface area contributed by atoms with Crippen molar-refractivity contribution in [3.05, 3.63) is 57.1 Å². The monoisotopic (exact) mass is 341 g/mol. The number of carbonyl (C=O) groups is 2. The molecule has 1 amide bonds. The van der Waals surface area contributed by atoms with Gasteiger partial charge in [-0.3, -0.25) is 9.59 Å². The Hall–Kier alpha value is -2.33. The highest BCUT2D eigenvalue weighted by atomic mass is 35.5. The summed E-state index contributed by atoms with van der Waals surface area (Å²) >= 11 is 6.36. The van der Waals surface area contributed by atoms with E-state index in [4.69, 9.17) is 16.3 Å². The lowest BCUT2D eigenvalue weighted by atomic mass is 10.0. The number of halogens is 1. The minimum atomic E-state index is -0.0682. The van der Waals surface area contributed by atoms with E-state index in [0.717, 1.165) is 40.8 Å². The van der Waals surface area contributed by atoms with Crippen LogP contribution in [0.1, 0.15) is 37.4 Å². The van der Waals surface area contributed by atoms with Crippen LogP contribution >= 0.6 is 11.6 Å². The molecule has 0 bridgehead atoms. The molecule has 0 spiro atoms. The van der Waals surface area contributed by atoms with Gasteiger partial charge in [0.15, 0.2) is 6.29 Å². The first-order valence-corrected chi connectivity index (χ1v) is 8.32. The van der Waals surface area contributed by atoms with Crippen LogP contribution in [0.25, 0.3) is 0 Å². The van der Waals surface area contributed by atoms with Crippen molar-refractivity contribution >= 4 is 29.5 Å². The minimum absolute atomic E-state index is 0.0682. The first-order valence-electron chi connectivity index (χ1n) is 7.95. The number of anilines is 1. The number of amides is 1. The molecule has 0 aromatic heterocycles. The number of hydrogen-bond donors (Lipinski definition) is 0. The highest BCUT2D eigenvalue weighted by Crippen LogP contribution is 2.38. The first kappa shape index (κ1) is 15.2. The summed E-state index contributed by atoms with van der Waals surface area (Å²) in [7, 11) is 0. The van der Waals surface area contributed by atoms with E-state index in [1.54, 1.807) is 4.90 Å². The molecular weight excluding hydrogens is 326 g/mol. The number of nitrogens with zero attached hydrogens (tertiary/aromatic N) is 1. The van der Waals surface area contributed by atoms with Gasteiger partial charge in [-0.05, 0) is 48.2 Å². The third-order valence-corrected chi connectivity index (χ3v) is 5.20. The van der Waals surface area contributed by atoms with Crippen LogP contribution in [0.15, 0.2) is 24.3 Å². The summed E-state index contributed by atoms with van der Waals surface area (Å²) in [5, 5.41) is 0.465. The van der Waals surface area contributed by atoms with Crippen molar-refractivity contribution in [1.82, 2.24) is 0 Å². The van der Waals surface area contributed by atoms with Gasteiger partial charge in [-0.15, -0.1) is 0 Å². The summed E-state index contributed by atoms with van der Waals surface area (Å²) in [6, 6.07) is 7.50.